The van der Waals surface area contributed by atoms with Crippen LogP contribution in [-0.2, 0) is 17.9 Å². The van der Waals surface area contributed by atoms with Crippen LogP contribution in [0.25, 0.3) is 0 Å². The number of ether oxygens (including phenoxy) is 2. The molecule has 1 amide bonds. The van der Waals surface area contributed by atoms with Crippen molar-refractivity contribution in [3.05, 3.63) is 71.5 Å². The third-order valence-electron chi connectivity index (χ3n) is 4.41. The summed E-state index contributed by atoms with van der Waals surface area (Å²) in [5.74, 6) is 1.90. The van der Waals surface area contributed by atoms with Gasteiger partial charge in [-0.05, 0) is 36.8 Å². The first-order valence-electron chi connectivity index (χ1n) is 9.50. The fourth-order valence-electron chi connectivity index (χ4n) is 2.78. The summed E-state index contributed by atoms with van der Waals surface area (Å²) in [5.41, 5.74) is 1.52. The molecule has 0 aliphatic carbocycles. The van der Waals surface area contributed by atoms with E-state index in [4.69, 9.17) is 21.1 Å². The molecule has 0 bridgehead atoms. The molecule has 1 aromatic heterocycles. The van der Waals surface area contributed by atoms with Gasteiger partial charge in [0.15, 0.2) is 22.5 Å². The molecule has 0 radical (unpaired) electrons. The molecule has 7 nitrogen and oxygen atoms in total. The number of hydrogen-bond donors (Lipinski definition) is 1. The topological polar surface area (TPSA) is 78.3 Å². The second-order valence-corrected chi connectivity index (χ2v) is 7.84. The molecule has 0 aliphatic heterocycles. The average Bonchev–Trinajstić information content (AvgIpc) is 3.16. The van der Waals surface area contributed by atoms with Gasteiger partial charge in [0, 0.05) is 17.3 Å². The Kier molecular flexibility index (Phi) is 7.97. The summed E-state index contributed by atoms with van der Waals surface area (Å²) in [6, 6.07) is 12.8. The first-order chi connectivity index (χ1) is 15.0. The second-order valence-electron chi connectivity index (χ2n) is 6.49. The molecule has 0 atom stereocenters. The van der Waals surface area contributed by atoms with Gasteiger partial charge in [-0.25, -0.2) is 0 Å². The molecule has 9 heteroatoms. The van der Waals surface area contributed by atoms with Gasteiger partial charge in [-0.3, -0.25) is 9.36 Å². The van der Waals surface area contributed by atoms with Gasteiger partial charge in [-0.1, -0.05) is 47.6 Å². The van der Waals surface area contributed by atoms with Crippen LogP contribution in [0.15, 0.2) is 60.3 Å². The molecule has 0 unspecified atom stereocenters. The summed E-state index contributed by atoms with van der Waals surface area (Å²) in [7, 11) is 1.59. The first kappa shape index (κ1) is 22.7. The van der Waals surface area contributed by atoms with E-state index in [0.717, 1.165) is 5.56 Å². The minimum absolute atomic E-state index is 0.157. The van der Waals surface area contributed by atoms with E-state index < -0.39 is 0 Å². The van der Waals surface area contributed by atoms with Crippen molar-refractivity contribution in [1.82, 2.24) is 14.8 Å². The van der Waals surface area contributed by atoms with Crippen molar-refractivity contribution in [2.45, 2.75) is 25.2 Å². The van der Waals surface area contributed by atoms with E-state index >= 15 is 0 Å². The van der Waals surface area contributed by atoms with E-state index in [9.17, 15) is 4.79 Å². The summed E-state index contributed by atoms with van der Waals surface area (Å²) in [5, 5.41) is 12.5. The van der Waals surface area contributed by atoms with Crippen LogP contribution in [0.3, 0.4) is 0 Å². The van der Waals surface area contributed by atoms with Crippen LogP contribution in [0.1, 0.15) is 11.4 Å². The number of para-hydroxylation sites is 2. The largest absolute Gasteiger partial charge is 0.493 e. The first-order valence-corrected chi connectivity index (χ1v) is 10.9. The van der Waals surface area contributed by atoms with Crippen molar-refractivity contribution in [2.24, 2.45) is 0 Å². The summed E-state index contributed by atoms with van der Waals surface area (Å²) >= 11 is 7.41. The van der Waals surface area contributed by atoms with Gasteiger partial charge in [0.1, 0.15) is 6.61 Å². The molecule has 0 spiro atoms. The zero-order chi connectivity index (χ0) is 22.2. The number of allylic oxidation sites excluding steroid dienone is 1. The number of nitrogens with zero attached hydrogens (tertiary/aromatic N) is 3. The number of amides is 1. The lowest BCUT2D eigenvalue weighted by molar-refractivity contribution is -0.113. The molecule has 2 aromatic carbocycles. The van der Waals surface area contributed by atoms with Crippen LogP contribution >= 0.6 is 23.4 Å². The van der Waals surface area contributed by atoms with Crippen molar-refractivity contribution in [1.29, 1.82) is 0 Å². The van der Waals surface area contributed by atoms with Crippen molar-refractivity contribution in [2.75, 3.05) is 18.2 Å². The van der Waals surface area contributed by atoms with Crippen LogP contribution in [0.2, 0.25) is 5.02 Å². The number of benzene rings is 2. The molecular formula is C22H23ClN4O3S. The number of hydrogen-bond acceptors (Lipinski definition) is 6. The van der Waals surface area contributed by atoms with E-state index in [0.29, 0.717) is 39.7 Å². The van der Waals surface area contributed by atoms with E-state index in [2.05, 4.69) is 22.1 Å². The van der Waals surface area contributed by atoms with E-state index in [1.54, 1.807) is 25.3 Å². The molecule has 0 aliphatic rings. The van der Waals surface area contributed by atoms with Crippen LogP contribution in [0.4, 0.5) is 5.69 Å². The zero-order valence-electron chi connectivity index (χ0n) is 17.3. The monoisotopic (exact) mass is 458 g/mol. The SMILES string of the molecule is C=CCn1c(COc2ccccc2OC)nnc1SCC(=O)Nc1cccc(Cl)c1C. The third kappa shape index (κ3) is 5.80. The predicted octanol–water partition coefficient (Wildman–Crippen LogP) is 4.74. The fourth-order valence-corrected chi connectivity index (χ4v) is 3.73. The van der Waals surface area contributed by atoms with Gasteiger partial charge in [0.2, 0.25) is 5.91 Å². The average molecular weight is 459 g/mol. The molecule has 31 heavy (non-hydrogen) atoms. The number of carbonyl (C=O) groups excluding carboxylic acids is 1. The quantitative estimate of drug-likeness (QED) is 0.349. The Bertz CT molecular complexity index is 1070. The minimum Gasteiger partial charge on any atom is -0.493 e. The zero-order valence-corrected chi connectivity index (χ0v) is 18.9. The Labute approximate surface area is 190 Å². The molecule has 3 aromatic rings. The van der Waals surface area contributed by atoms with Gasteiger partial charge >= 0.3 is 0 Å². The molecule has 1 heterocycles. The fraction of sp³-hybridized carbons (Fsp3) is 0.227. The highest BCUT2D eigenvalue weighted by Crippen LogP contribution is 2.27. The lowest BCUT2D eigenvalue weighted by Crippen LogP contribution is -2.15. The third-order valence-corrected chi connectivity index (χ3v) is 5.78. The van der Waals surface area contributed by atoms with E-state index in [1.807, 2.05) is 41.8 Å². The smallest absolute Gasteiger partial charge is 0.234 e. The van der Waals surface area contributed by atoms with Crippen molar-refractivity contribution in [3.8, 4) is 11.5 Å². The van der Waals surface area contributed by atoms with Crippen LogP contribution in [0, 0.1) is 6.92 Å². The minimum atomic E-state index is -0.157. The highest BCUT2D eigenvalue weighted by Gasteiger charge is 2.15. The highest BCUT2D eigenvalue weighted by atomic mass is 35.5. The van der Waals surface area contributed by atoms with Crippen LogP contribution in [0.5, 0.6) is 11.5 Å². The molecule has 0 saturated heterocycles. The van der Waals surface area contributed by atoms with Gasteiger partial charge in [-0.15, -0.1) is 16.8 Å². The van der Waals surface area contributed by atoms with E-state index in [-0.39, 0.29) is 18.3 Å². The molecule has 162 valence electrons. The second kappa shape index (κ2) is 10.9. The highest BCUT2D eigenvalue weighted by molar-refractivity contribution is 7.99. The lowest BCUT2D eigenvalue weighted by Gasteiger charge is -2.12. The Morgan fingerprint density at radius 2 is 2.00 bits per heavy atom. The Balaban J connectivity index is 1.65. The molecule has 0 saturated carbocycles. The predicted molar refractivity (Wildman–Crippen MR) is 123 cm³/mol. The number of anilines is 1. The number of rotatable bonds is 10. The summed E-state index contributed by atoms with van der Waals surface area (Å²) in [6.45, 7) is 6.35. The summed E-state index contributed by atoms with van der Waals surface area (Å²) in [6.07, 6.45) is 1.75. The Hall–Kier alpha value is -2.97. The Morgan fingerprint density at radius 1 is 1.23 bits per heavy atom. The van der Waals surface area contributed by atoms with Crippen molar-refractivity contribution < 1.29 is 14.3 Å². The van der Waals surface area contributed by atoms with Crippen molar-refractivity contribution in [3.63, 3.8) is 0 Å². The molecule has 1 N–H and O–H groups in total. The maximum Gasteiger partial charge on any atom is 0.234 e. The van der Waals surface area contributed by atoms with Gasteiger partial charge < -0.3 is 14.8 Å². The van der Waals surface area contributed by atoms with Crippen LogP contribution in [-0.4, -0.2) is 33.5 Å². The van der Waals surface area contributed by atoms with Gasteiger partial charge in [-0.2, -0.15) is 0 Å². The number of thioether (sulfide) groups is 1. The maximum atomic E-state index is 12.4. The number of methoxy groups -OCH3 is 1. The summed E-state index contributed by atoms with van der Waals surface area (Å²) in [4.78, 5) is 12.4. The number of aromatic nitrogens is 3. The standard InChI is InChI=1S/C22H23ClN4O3S/c1-4-12-27-20(13-30-19-11-6-5-10-18(19)29-3)25-26-22(27)31-14-21(28)24-17-9-7-8-16(23)15(17)2/h4-11H,1,12-14H2,2-3H3,(H,24,28). The summed E-state index contributed by atoms with van der Waals surface area (Å²) < 4.78 is 13.0. The number of nitrogens with one attached hydrogen (secondary N) is 1. The van der Waals surface area contributed by atoms with Crippen LogP contribution < -0.4 is 14.8 Å². The number of carbonyl (C=O) groups is 1. The molecule has 0 fully saturated rings. The van der Waals surface area contributed by atoms with E-state index in [1.165, 1.54) is 11.8 Å². The lowest BCUT2D eigenvalue weighted by atomic mass is 10.2. The van der Waals surface area contributed by atoms with Gasteiger partial charge in [0.25, 0.3) is 0 Å². The Morgan fingerprint density at radius 3 is 2.74 bits per heavy atom. The normalized spacial score (nSPS) is 10.5. The van der Waals surface area contributed by atoms with Gasteiger partial charge in [0.05, 0.1) is 12.9 Å². The maximum absolute atomic E-state index is 12.4. The van der Waals surface area contributed by atoms with Crippen molar-refractivity contribution >= 4 is 35.0 Å². The molecular weight excluding hydrogens is 436 g/mol. The molecule has 3 rings (SSSR count). The number of halogens is 1.